The van der Waals surface area contributed by atoms with Gasteiger partial charge < -0.3 is 13.3 Å². The highest BCUT2D eigenvalue weighted by molar-refractivity contribution is 7.99. The fraction of sp³-hybridized carbons (Fsp3) is 0.889. The van der Waals surface area contributed by atoms with E-state index in [1.54, 1.807) is 0 Å². The van der Waals surface area contributed by atoms with Crippen molar-refractivity contribution in [3.8, 4) is 0 Å². The summed E-state index contributed by atoms with van der Waals surface area (Å²) in [5, 5.41) is 0.874. The van der Waals surface area contributed by atoms with E-state index >= 15 is 0 Å². The van der Waals surface area contributed by atoms with Crippen LogP contribution in [0.3, 0.4) is 0 Å². The van der Waals surface area contributed by atoms with Crippen LogP contribution in [0.4, 0.5) is 0 Å². The molecule has 3 nitrogen and oxygen atoms in total. The second-order valence-corrected chi connectivity index (χ2v) is 10.7. The van der Waals surface area contributed by atoms with E-state index in [9.17, 15) is 0 Å². The maximum atomic E-state index is 5.93. The number of rotatable bonds is 12. The molecule has 0 N–H and O–H groups in total. The number of fused-ring (bicyclic) bond motifs is 2. The summed E-state index contributed by atoms with van der Waals surface area (Å²) in [7, 11) is -2.43. The largest absolute Gasteiger partial charge is 0.500 e. The van der Waals surface area contributed by atoms with E-state index in [0.29, 0.717) is 19.8 Å². The Hall–Kier alpha value is 0.187. The molecule has 0 radical (unpaired) electrons. The second-order valence-electron chi connectivity index (χ2n) is 6.62. The molecule has 0 aromatic heterocycles. The fourth-order valence-electron chi connectivity index (χ4n) is 4.28. The Balaban J connectivity index is 1.72. The summed E-state index contributed by atoms with van der Waals surface area (Å²) in [5.74, 6) is 3.85. The van der Waals surface area contributed by atoms with Crippen molar-refractivity contribution in [3.05, 3.63) is 12.7 Å². The van der Waals surface area contributed by atoms with Crippen LogP contribution in [0, 0.1) is 17.8 Å². The van der Waals surface area contributed by atoms with Crippen LogP contribution < -0.4 is 0 Å². The topological polar surface area (TPSA) is 27.7 Å². The van der Waals surface area contributed by atoms with Gasteiger partial charge in [0.2, 0.25) is 0 Å². The van der Waals surface area contributed by atoms with Crippen LogP contribution in [0.15, 0.2) is 12.7 Å². The first-order valence-corrected chi connectivity index (χ1v) is 12.3. The standard InChI is InChI=1S/C18H34O3SSi/c1-5-15-12-17-13-16(15)14-18(17)22-10-9-11-23(19-6-2,20-7-3)21-8-4/h5,15-18H,1,6-14H2,2-4H3/t15-,16+,17-,18+/m0/s1. The highest BCUT2D eigenvalue weighted by Gasteiger charge is 2.45. The van der Waals surface area contributed by atoms with Crippen molar-refractivity contribution in [2.75, 3.05) is 25.6 Å². The molecule has 2 saturated carbocycles. The average molecular weight is 359 g/mol. The molecule has 2 aliphatic carbocycles. The molecule has 0 saturated heterocycles. The molecular weight excluding hydrogens is 324 g/mol. The molecule has 23 heavy (non-hydrogen) atoms. The zero-order valence-electron chi connectivity index (χ0n) is 15.1. The van der Waals surface area contributed by atoms with Crippen LogP contribution in [0.5, 0.6) is 0 Å². The molecule has 0 aromatic rings. The number of thioether (sulfide) groups is 1. The van der Waals surface area contributed by atoms with E-state index in [-0.39, 0.29) is 0 Å². The second kappa shape index (κ2) is 9.61. The molecule has 0 spiro atoms. The molecule has 0 heterocycles. The number of allylic oxidation sites excluding steroid dienone is 1. The number of hydrogen-bond acceptors (Lipinski definition) is 4. The van der Waals surface area contributed by atoms with Gasteiger partial charge in [-0.1, -0.05) is 6.08 Å². The van der Waals surface area contributed by atoms with Gasteiger partial charge in [0.25, 0.3) is 0 Å². The quantitative estimate of drug-likeness (QED) is 0.286. The van der Waals surface area contributed by atoms with Crippen molar-refractivity contribution in [2.24, 2.45) is 17.8 Å². The van der Waals surface area contributed by atoms with Crippen molar-refractivity contribution in [1.82, 2.24) is 0 Å². The summed E-state index contributed by atoms with van der Waals surface area (Å²) in [6.45, 7) is 12.1. The van der Waals surface area contributed by atoms with Gasteiger partial charge in [0.15, 0.2) is 0 Å². The Morgan fingerprint density at radius 3 is 2.13 bits per heavy atom. The molecule has 0 unspecified atom stereocenters. The average Bonchev–Trinajstić information content (AvgIpc) is 3.12. The molecule has 4 atom stereocenters. The minimum Gasteiger partial charge on any atom is -0.374 e. The van der Waals surface area contributed by atoms with Gasteiger partial charge in [0.1, 0.15) is 0 Å². The summed E-state index contributed by atoms with van der Waals surface area (Å²) < 4.78 is 17.8. The minimum atomic E-state index is -2.43. The summed E-state index contributed by atoms with van der Waals surface area (Å²) in [5.41, 5.74) is 0. The maximum absolute atomic E-state index is 5.93. The summed E-state index contributed by atoms with van der Waals surface area (Å²) in [6, 6.07) is 0.950. The van der Waals surface area contributed by atoms with Gasteiger partial charge in [-0.05, 0) is 70.0 Å². The SMILES string of the molecule is C=C[C@H]1C[C@H]2C[C@@H]1C[C@H]2SCCC[Si](OCC)(OCC)OCC. The van der Waals surface area contributed by atoms with Crippen LogP contribution in [0.25, 0.3) is 0 Å². The first-order valence-electron chi connectivity index (χ1n) is 9.34. The van der Waals surface area contributed by atoms with Gasteiger partial charge in [-0.15, -0.1) is 6.58 Å². The zero-order valence-corrected chi connectivity index (χ0v) is 16.9. The lowest BCUT2D eigenvalue weighted by Crippen LogP contribution is -2.46. The third-order valence-electron chi connectivity index (χ3n) is 5.20. The lowest BCUT2D eigenvalue weighted by molar-refractivity contribution is 0.0712. The molecule has 5 heteroatoms. The lowest BCUT2D eigenvalue weighted by atomic mass is 9.89. The van der Waals surface area contributed by atoms with E-state index in [2.05, 4.69) is 24.4 Å². The van der Waals surface area contributed by atoms with Crippen LogP contribution >= 0.6 is 11.8 Å². The van der Waals surface area contributed by atoms with Gasteiger partial charge >= 0.3 is 8.80 Å². The Bertz CT molecular complexity index is 349. The lowest BCUT2D eigenvalue weighted by Gasteiger charge is -2.29. The van der Waals surface area contributed by atoms with Crippen molar-refractivity contribution >= 4 is 20.6 Å². The summed E-state index contributed by atoms with van der Waals surface area (Å²) in [4.78, 5) is 0. The molecular formula is C18H34O3SSi. The third kappa shape index (κ3) is 5.08. The van der Waals surface area contributed by atoms with E-state index in [1.807, 2.05) is 20.8 Å². The van der Waals surface area contributed by atoms with Crippen LogP contribution in [0.2, 0.25) is 6.04 Å². The van der Waals surface area contributed by atoms with Crippen LogP contribution in [-0.4, -0.2) is 39.6 Å². The minimum absolute atomic E-state index is 0.675. The smallest absolute Gasteiger partial charge is 0.374 e. The molecule has 2 aliphatic rings. The first kappa shape index (κ1) is 19.5. The molecule has 0 aromatic carbocycles. The van der Waals surface area contributed by atoms with Gasteiger partial charge in [0.05, 0.1) is 0 Å². The predicted octanol–water partition coefficient (Wildman–Crippen LogP) is 4.76. The summed E-state index contributed by atoms with van der Waals surface area (Å²) >= 11 is 2.18. The van der Waals surface area contributed by atoms with Crippen molar-refractivity contribution in [3.63, 3.8) is 0 Å². The normalized spacial score (nSPS) is 30.0. The maximum Gasteiger partial charge on any atom is 0.500 e. The Labute approximate surface area is 147 Å². The fourth-order valence-corrected chi connectivity index (χ4v) is 8.64. The Kier molecular flexibility index (Phi) is 8.15. The monoisotopic (exact) mass is 358 g/mol. The van der Waals surface area contributed by atoms with E-state index in [4.69, 9.17) is 13.3 Å². The number of hydrogen-bond donors (Lipinski definition) is 0. The van der Waals surface area contributed by atoms with Gasteiger partial charge in [-0.2, -0.15) is 11.8 Å². The van der Waals surface area contributed by atoms with Gasteiger partial charge in [-0.25, -0.2) is 0 Å². The van der Waals surface area contributed by atoms with Crippen molar-refractivity contribution in [2.45, 2.75) is 57.7 Å². The third-order valence-corrected chi connectivity index (χ3v) is 9.88. The van der Waals surface area contributed by atoms with Crippen molar-refractivity contribution in [1.29, 1.82) is 0 Å². The van der Waals surface area contributed by atoms with Crippen molar-refractivity contribution < 1.29 is 13.3 Å². The van der Waals surface area contributed by atoms with E-state index < -0.39 is 8.80 Å². The molecule has 2 fully saturated rings. The van der Waals surface area contributed by atoms with Crippen LogP contribution in [0.1, 0.15) is 46.5 Å². The molecule has 2 rings (SSSR count). The van der Waals surface area contributed by atoms with E-state index in [1.165, 1.54) is 25.0 Å². The molecule has 134 valence electrons. The predicted molar refractivity (Wildman–Crippen MR) is 101 cm³/mol. The highest BCUT2D eigenvalue weighted by atomic mass is 32.2. The van der Waals surface area contributed by atoms with E-state index in [0.717, 1.165) is 35.5 Å². The van der Waals surface area contributed by atoms with Crippen LogP contribution in [-0.2, 0) is 13.3 Å². The van der Waals surface area contributed by atoms with Gasteiger partial charge in [-0.3, -0.25) is 0 Å². The molecule has 0 amide bonds. The highest BCUT2D eigenvalue weighted by Crippen LogP contribution is 2.53. The molecule has 0 aliphatic heterocycles. The Morgan fingerprint density at radius 1 is 1.00 bits per heavy atom. The summed E-state index contributed by atoms with van der Waals surface area (Å²) in [6.07, 6.45) is 7.54. The first-order chi connectivity index (χ1) is 11.2. The Morgan fingerprint density at radius 2 is 1.65 bits per heavy atom. The zero-order chi connectivity index (χ0) is 16.7. The van der Waals surface area contributed by atoms with Gasteiger partial charge in [0, 0.05) is 31.1 Å². The molecule has 2 bridgehead atoms.